The fraction of sp³-hybridized carbons (Fsp3) is 0.536. The van der Waals surface area contributed by atoms with Crippen molar-refractivity contribution in [2.45, 2.75) is 48.5 Å². The SMILES string of the molecule is COc1cccc(S(=O)(=O)N2C[C@@H](O)COC[C@@H]3O[C@H](CC(=O)N4CCN(c5ccccc5)CC4)CC[C@H]32)c1. The molecule has 0 bridgehead atoms. The van der Waals surface area contributed by atoms with Gasteiger partial charge in [0.15, 0.2) is 0 Å². The fourth-order valence-corrected chi connectivity index (χ4v) is 7.40. The number of piperazine rings is 1. The zero-order valence-corrected chi connectivity index (χ0v) is 23.0. The Morgan fingerprint density at radius 3 is 2.54 bits per heavy atom. The molecule has 5 rings (SSSR count). The summed E-state index contributed by atoms with van der Waals surface area (Å²) in [5, 5.41) is 10.4. The van der Waals surface area contributed by atoms with Gasteiger partial charge in [-0.15, -0.1) is 0 Å². The first-order valence-corrected chi connectivity index (χ1v) is 14.9. The quantitative estimate of drug-likeness (QED) is 0.570. The van der Waals surface area contributed by atoms with E-state index in [1.165, 1.54) is 23.5 Å². The highest BCUT2D eigenvalue weighted by atomic mass is 32.2. The third kappa shape index (κ3) is 6.38. The molecular weight excluding hydrogens is 522 g/mol. The molecule has 11 heteroatoms. The Morgan fingerprint density at radius 1 is 1.03 bits per heavy atom. The Balaban J connectivity index is 1.23. The number of aliphatic hydroxyl groups is 1. The molecular formula is C28H37N3O7S. The minimum absolute atomic E-state index is 0.00595. The molecule has 3 aliphatic rings. The van der Waals surface area contributed by atoms with Crippen LogP contribution in [0, 0.1) is 0 Å². The summed E-state index contributed by atoms with van der Waals surface area (Å²) in [5.74, 6) is 0.487. The number of anilines is 1. The van der Waals surface area contributed by atoms with E-state index in [9.17, 15) is 18.3 Å². The maximum Gasteiger partial charge on any atom is 0.243 e. The van der Waals surface area contributed by atoms with E-state index in [1.807, 2.05) is 23.1 Å². The van der Waals surface area contributed by atoms with Gasteiger partial charge in [-0.05, 0) is 37.1 Å². The zero-order valence-electron chi connectivity index (χ0n) is 22.2. The Morgan fingerprint density at radius 2 is 1.79 bits per heavy atom. The highest BCUT2D eigenvalue weighted by Crippen LogP contribution is 2.32. The molecule has 1 N–H and O–H groups in total. The summed E-state index contributed by atoms with van der Waals surface area (Å²) >= 11 is 0. The fourth-order valence-electron chi connectivity index (χ4n) is 5.64. The van der Waals surface area contributed by atoms with E-state index >= 15 is 0 Å². The lowest BCUT2D eigenvalue weighted by Crippen LogP contribution is -2.57. The Bertz CT molecular complexity index is 1220. The van der Waals surface area contributed by atoms with Crippen LogP contribution in [0.25, 0.3) is 0 Å². The van der Waals surface area contributed by atoms with Crippen molar-refractivity contribution < 1.29 is 32.5 Å². The van der Waals surface area contributed by atoms with Gasteiger partial charge in [-0.25, -0.2) is 8.42 Å². The predicted molar refractivity (Wildman–Crippen MR) is 145 cm³/mol. The minimum atomic E-state index is -3.95. The summed E-state index contributed by atoms with van der Waals surface area (Å²) in [7, 11) is -2.46. The molecule has 0 radical (unpaired) electrons. The second-order valence-electron chi connectivity index (χ2n) is 10.3. The van der Waals surface area contributed by atoms with Crippen LogP contribution < -0.4 is 9.64 Å². The molecule has 1 amide bonds. The van der Waals surface area contributed by atoms with Gasteiger partial charge < -0.3 is 29.1 Å². The third-order valence-electron chi connectivity index (χ3n) is 7.74. The van der Waals surface area contributed by atoms with Crippen LogP contribution in [-0.2, 0) is 24.3 Å². The number of amides is 1. The van der Waals surface area contributed by atoms with Crippen LogP contribution in [-0.4, -0.2) is 106 Å². The van der Waals surface area contributed by atoms with Gasteiger partial charge in [0.2, 0.25) is 15.9 Å². The number of nitrogens with zero attached hydrogens (tertiary/aromatic N) is 3. The average Bonchev–Trinajstić information content (AvgIpc) is 2.96. The van der Waals surface area contributed by atoms with Crippen molar-refractivity contribution >= 4 is 21.6 Å². The molecule has 2 aromatic rings. The molecule has 39 heavy (non-hydrogen) atoms. The summed E-state index contributed by atoms with van der Waals surface area (Å²) in [5.41, 5.74) is 1.16. The largest absolute Gasteiger partial charge is 0.497 e. The van der Waals surface area contributed by atoms with Crippen molar-refractivity contribution in [1.29, 1.82) is 0 Å². The van der Waals surface area contributed by atoms with Crippen molar-refractivity contribution in [2.24, 2.45) is 0 Å². The lowest BCUT2D eigenvalue weighted by molar-refractivity contribution is -0.151. The number of methoxy groups -OCH3 is 1. The summed E-state index contributed by atoms with van der Waals surface area (Å²) in [6.07, 6.45) is -0.527. The van der Waals surface area contributed by atoms with Crippen molar-refractivity contribution in [2.75, 3.05) is 57.9 Å². The van der Waals surface area contributed by atoms with E-state index < -0.39 is 28.3 Å². The lowest BCUT2D eigenvalue weighted by atomic mass is 9.96. The van der Waals surface area contributed by atoms with Crippen molar-refractivity contribution in [3.8, 4) is 5.75 Å². The topological polar surface area (TPSA) is 109 Å². The van der Waals surface area contributed by atoms with Crippen molar-refractivity contribution in [3.05, 3.63) is 54.6 Å². The smallest absolute Gasteiger partial charge is 0.243 e. The minimum Gasteiger partial charge on any atom is -0.497 e. The summed E-state index contributed by atoms with van der Waals surface area (Å²) < 4.78 is 46.0. The van der Waals surface area contributed by atoms with E-state index in [2.05, 4.69) is 17.0 Å². The summed E-state index contributed by atoms with van der Waals surface area (Å²) in [4.78, 5) is 17.4. The van der Waals surface area contributed by atoms with Crippen LogP contribution in [0.5, 0.6) is 5.75 Å². The van der Waals surface area contributed by atoms with Gasteiger partial charge in [0.25, 0.3) is 0 Å². The number of fused-ring (bicyclic) bond motifs is 1. The maximum atomic E-state index is 13.7. The second kappa shape index (κ2) is 12.2. The number of aliphatic hydroxyl groups excluding tert-OH is 1. The van der Waals surface area contributed by atoms with Crippen molar-refractivity contribution in [1.82, 2.24) is 9.21 Å². The molecule has 2 aromatic carbocycles. The van der Waals surface area contributed by atoms with E-state index in [0.717, 1.165) is 18.8 Å². The first kappa shape index (κ1) is 27.9. The first-order chi connectivity index (χ1) is 18.8. The number of para-hydroxylation sites is 1. The molecule has 0 aromatic heterocycles. The second-order valence-corrected chi connectivity index (χ2v) is 12.2. The number of carbonyl (C=O) groups excluding carboxylic acids is 1. The van der Waals surface area contributed by atoms with E-state index in [-0.39, 0.29) is 43.1 Å². The van der Waals surface area contributed by atoms with Crippen molar-refractivity contribution in [3.63, 3.8) is 0 Å². The first-order valence-electron chi connectivity index (χ1n) is 13.5. The molecule has 0 aliphatic carbocycles. The number of carbonyl (C=O) groups is 1. The number of sulfonamides is 1. The molecule has 3 aliphatic heterocycles. The molecule has 0 saturated carbocycles. The molecule has 0 spiro atoms. The molecule has 10 nitrogen and oxygen atoms in total. The summed E-state index contributed by atoms with van der Waals surface area (Å²) in [6, 6.07) is 16.0. The number of rotatable bonds is 6. The van der Waals surface area contributed by atoms with Crippen LogP contribution in [0.1, 0.15) is 19.3 Å². The van der Waals surface area contributed by atoms with Crippen LogP contribution in [0.4, 0.5) is 5.69 Å². The number of hydrogen-bond acceptors (Lipinski definition) is 8. The van der Waals surface area contributed by atoms with E-state index in [0.29, 0.717) is 31.7 Å². The predicted octanol–water partition coefficient (Wildman–Crippen LogP) is 1.73. The van der Waals surface area contributed by atoms with E-state index in [4.69, 9.17) is 14.2 Å². The van der Waals surface area contributed by atoms with Crippen LogP contribution in [0.15, 0.2) is 59.5 Å². The van der Waals surface area contributed by atoms with Gasteiger partial charge in [0, 0.05) is 44.5 Å². The third-order valence-corrected chi connectivity index (χ3v) is 9.62. The van der Waals surface area contributed by atoms with Gasteiger partial charge in [-0.1, -0.05) is 24.3 Å². The zero-order chi connectivity index (χ0) is 27.4. The number of benzene rings is 2. The van der Waals surface area contributed by atoms with Crippen LogP contribution in [0.3, 0.4) is 0 Å². The Hall–Kier alpha value is -2.70. The molecule has 0 unspecified atom stereocenters. The Kier molecular flexibility index (Phi) is 8.73. The number of hydrogen-bond donors (Lipinski definition) is 1. The highest BCUT2D eigenvalue weighted by Gasteiger charge is 2.43. The summed E-state index contributed by atoms with van der Waals surface area (Å²) in [6.45, 7) is 2.91. The van der Waals surface area contributed by atoms with Gasteiger partial charge in [-0.3, -0.25) is 4.79 Å². The molecule has 3 saturated heterocycles. The standard InChI is InChI=1S/C28H37N3O7S/c1-36-23-8-5-9-25(16-23)39(34,35)31-18-22(32)19-37-20-27-26(31)11-10-24(38-27)17-28(33)30-14-12-29(13-15-30)21-6-3-2-4-7-21/h2-9,16,22,24,26-27,32H,10-15,17-20H2,1H3/t22-,24+,26-,27+/m1/s1. The van der Waals surface area contributed by atoms with Crippen LogP contribution >= 0.6 is 0 Å². The average molecular weight is 560 g/mol. The number of ether oxygens (including phenoxy) is 3. The van der Waals surface area contributed by atoms with Gasteiger partial charge in [-0.2, -0.15) is 4.31 Å². The lowest BCUT2D eigenvalue weighted by Gasteiger charge is -2.44. The van der Waals surface area contributed by atoms with Gasteiger partial charge in [0.1, 0.15) is 5.75 Å². The molecule has 3 fully saturated rings. The monoisotopic (exact) mass is 559 g/mol. The molecule has 212 valence electrons. The van der Waals surface area contributed by atoms with E-state index in [1.54, 1.807) is 12.1 Å². The Labute approximate surface area is 230 Å². The molecule has 3 heterocycles. The maximum absolute atomic E-state index is 13.7. The van der Waals surface area contributed by atoms with Gasteiger partial charge >= 0.3 is 0 Å². The highest BCUT2D eigenvalue weighted by molar-refractivity contribution is 7.89. The van der Waals surface area contributed by atoms with Crippen LogP contribution in [0.2, 0.25) is 0 Å². The molecule has 4 atom stereocenters. The van der Waals surface area contributed by atoms with Gasteiger partial charge in [0.05, 0.1) is 56.0 Å². The normalized spacial score (nSPS) is 26.8. The number of β-amino-alcohol motifs (C(OH)–C–C–N with tert-alkyl or cyclic N) is 1.